The van der Waals surface area contributed by atoms with Crippen molar-refractivity contribution in [2.24, 2.45) is 0 Å². The molecule has 0 aliphatic carbocycles. The molecule has 0 nitrogen and oxygen atoms in total. The summed E-state index contributed by atoms with van der Waals surface area (Å²) in [6, 6.07) is 0. The predicted molar refractivity (Wildman–Crippen MR) is 64.4 cm³/mol. The van der Waals surface area contributed by atoms with Gasteiger partial charge in [-0.2, -0.15) is 0 Å². The second-order valence-corrected chi connectivity index (χ2v) is 2.41. The van der Waals surface area contributed by atoms with Gasteiger partial charge in [0.05, 0.1) is 32.3 Å². The first-order chi connectivity index (χ1) is 6.10. The van der Waals surface area contributed by atoms with Crippen LogP contribution >= 0.6 is 0 Å². The fourth-order valence-electron chi connectivity index (χ4n) is 0. The van der Waals surface area contributed by atoms with Gasteiger partial charge in [0.1, 0.15) is 0 Å². The quantitative estimate of drug-likeness (QED) is 0.562. The Morgan fingerprint density at radius 1 is 1.00 bits per heavy atom. The van der Waals surface area contributed by atoms with E-state index in [1.54, 1.807) is 0 Å². The average Bonchev–Trinajstić information content (AvgIpc) is 2.18. The molecule has 0 aromatic rings. The Hall–Kier alpha value is -0.650. The average molecular weight is 180 g/mol. The molecule has 0 fully saturated rings. The van der Waals surface area contributed by atoms with Gasteiger partial charge in [0, 0.05) is 13.5 Å². The van der Waals surface area contributed by atoms with Crippen LogP contribution in [0.3, 0.4) is 0 Å². The lowest BCUT2D eigenvalue weighted by Crippen LogP contribution is -1.60. The first-order valence-corrected chi connectivity index (χ1v) is 4.56. The van der Waals surface area contributed by atoms with Crippen LogP contribution in [0.1, 0.15) is 32.1 Å². The Labute approximate surface area is 86.4 Å². The summed E-state index contributed by atoms with van der Waals surface area (Å²) in [7, 11) is 0. The summed E-state index contributed by atoms with van der Waals surface area (Å²) in [5, 5.41) is 0. The zero-order valence-corrected chi connectivity index (χ0v) is 8.99. The number of allylic oxidation sites excluding steroid dienone is 1. The van der Waals surface area contributed by atoms with Gasteiger partial charge in [0.15, 0.2) is 0 Å². The lowest BCUT2D eigenvalue weighted by atomic mass is 10.3. The molecular formula is C13H24. The highest BCUT2D eigenvalue weighted by Crippen LogP contribution is 1.87. The molecule has 0 N–H and O–H groups in total. The van der Waals surface area contributed by atoms with Gasteiger partial charge >= 0.3 is 0 Å². The van der Waals surface area contributed by atoms with E-state index in [1.165, 1.54) is 0 Å². The van der Waals surface area contributed by atoms with E-state index in [9.17, 15) is 0 Å². The molecule has 0 aromatic carbocycles. The van der Waals surface area contributed by atoms with E-state index in [1.807, 2.05) is 0 Å². The summed E-state index contributed by atoms with van der Waals surface area (Å²) in [5.74, 6) is 0. The normalized spacial score (nSPS) is 7.31. The third kappa shape index (κ3) is 88.4. The molecule has 0 heterocycles. The largest absolute Gasteiger partial charge is 0.339 e. The van der Waals surface area contributed by atoms with E-state index in [0.29, 0.717) is 0 Å². The monoisotopic (exact) mass is 180 g/mol. The molecule has 0 spiro atoms. The highest BCUT2D eigenvalue weighted by molar-refractivity contribution is 4.97. The van der Waals surface area contributed by atoms with E-state index in [4.69, 9.17) is 0 Å². The molecule has 0 atom stereocenters. The summed E-state index contributed by atoms with van der Waals surface area (Å²) in [5.41, 5.74) is 0.894. The number of unbranched alkanes of at least 4 members (excludes halogenated alkanes) is 2. The van der Waals surface area contributed by atoms with Crippen molar-refractivity contribution in [2.75, 3.05) is 0 Å². The lowest BCUT2D eigenvalue weighted by Gasteiger charge is -1.78. The molecule has 0 heteroatoms. The lowest BCUT2D eigenvalue weighted by molar-refractivity contribution is 1.05. The zero-order valence-electron chi connectivity index (χ0n) is 8.99. The van der Waals surface area contributed by atoms with Gasteiger partial charge in [-0.25, -0.2) is 0 Å². The van der Waals surface area contributed by atoms with Crippen LogP contribution in [0.2, 0.25) is 0 Å². The first kappa shape index (κ1) is 18.2. The summed E-state index contributed by atoms with van der Waals surface area (Å²) < 4.78 is 0. The smallest absolute Gasteiger partial charge is 0.0667 e. The van der Waals surface area contributed by atoms with Crippen LogP contribution in [0.25, 0.3) is 0 Å². The summed E-state index contributed by atoms with van der Waals surface area (Å²) in [4.78, 5) is 0. The van der Waals surface area contributed by atoms with Crippen molar-refractivity contribution in [1.29, 1.82) is 0 Å². The standard InChI is InChI=1S/C5H8.2C4H8/c1-4-5(2)3;2*1-3-4-2/h1-4H2;2*1-4H2. The molecule has 0 amide bonds. The minimum Gasteiger partial charge on any atom is -0.339 e. The fourth-order valence-corrected chi connectivity index (χ4v) is 0. The second kappa shape index (κ2) is 22.5. The fraction of sp³-hybridized carbons (Fsp3) is 0.385. The van der Waals surface area contributed by atoms with Crippen molar-refractivity contribution < 1.29 is 0 Å². The Bertz CT molecular complexity index is 64.1. The van der Waals surface area contributed by atoms with Gasteiger partial charge in [0.25, 0.3) is 0 Å². The number of rotatable bonds is 3. The molecule has 0 unspecified atom stereocenters. The van der Waals surface area contributed by atoms with E-state index in [-0.39, 0.29) is 0 Å². The van der Waals surface area contributed by atoms with Gasteiger partial charge in [0.2, 0.25) is 0 Å². The number of hydrogen-bond acceptors (Lipinski definition) is 0. The van der Waals surface area contributed by atoms with Crippen molar-refractivity contribution >= 4 is 0 Å². The molecule has 0 radical (unpaired) electrons. The maximum absolute atomic E-state index is 3.54. The van der Waals surface area contributed by atoms with Crippen LogP contribution in [0.15, 0.2) is 12.2 Å². The van der Waals surface area contributed by atoms with Crippen molar-refractivity contribution in [3.8, 4) is 0 Å². The van der Waals surface area contributed by atoms with Crippen LogP contribution in [-0.4, -0.2) is 0 Å². The van der Waals surface area contributed by atoms with Gasteiger partial charge in [-0.15, -0.1) is 19.3 Å². The molecule has 0 bridgehead atoms. The van der Waals surface area contributed by atoms with Crippen LogP contribution in [0.4, 0.5) is 0 Å². The third-order valence-electron chi connectivity index (χ3n) is 0.854. The minimum absolute atomic E-state index is 0.750. The molecule has 0 aromatic heterocycles. The third-order valence-corrected chi connectivity index (χ3v) is 0.854. The van der Waals surface area contributed by atoms with Crippen LogP contribution in [0.5, 0.6) is 0 Å². The summed E-state index contributed by atoms with van der Waals surface area (Å²) in [6.07, 6.45) is 4.58. The molecule has 0 aliphatic rings. The van der Waals surface area contributed by atoms with Crippen molar-refractivity contribution in [2.45, 2.75) is 32.1 Å². The molecule has 13 heavy (non-hydrogen) atoms. The van der Waals surface area contributed by atoms with Crippen molar-refractivity contribution in [1.82, 2.24) is 0 Å². The van der Waals surface area contributed by atoms with Crippen LogP contribution in [-0.2, 0) is 0 Å². The highest BCUT2D eigenvalue weighted by atomic mass is 13.7. The van der Waals surface area contributed by atoms with Crippen LogP contribution in [0, 0.1) is 41.5 Å². The Kier molecular flexibility index (Phi) is 31.5. The molecule has 0 saturated carbocycles. The maximum atomic E-state index is 3.54. The molecule has 0 saturated heterocycles. The summed E-state index contributed by atoms with van der Waals surface area (Å²) in [6.45, 7) is 24.7. The SMILES string of the molecule is C=C([CH2+])C[CH2-].[CH2+]CC[CH2-].[CH2+]CC[CH2-]. The molecule has 76 valence electrons. The van der Waals surface area contributed by atoms with E-state index < -0.39 is 0 Å². The van der Waals surface area contributed by atoms with E-state index in [2.05, 4.69) is 48.1 Å². The Morgan fingerprint density at radius 2 is 1.15 bits per heavy atom. The van der Waals surface area contributed by atoms with Crippen molar-refractivity contribution in [3.63, 3.8) is 0 Å². The first-order valence-electron chi connectivity index (χ1n) is 4.56. The van der Waals surface area contributed by atoms with Gasteiger partial charge in [-0.1, -0.05) is 0 Å². The van der Waals surface area contributed by atoms with E-state index in [0.717, 1.165) is 37.7 Å². The van der Waals surface area contributed by atoms with Gasteiger partial charge < -0.3 is 20.8 Å². The number of hydrogen-bond donors (Lipinski definition) is 0. The summed E-state index contributed by atoms with van der Waals surface area (Å²) >= 11 is 0. The minimum atomic E-state index is 0.750. The molecule has 0 aliphatic heterocycles. The van der Waals surface area contributed by atoms with Crippen molar-refractivity contribution in [3.05, 3.63) is 53.7 Å². The molecular weight excluding hydrogens is 156 g/mol. The highest BCUT2D eigenvalue weighted by Gasteiger charge is 1.71. The Balaban J connectivity index is -0.000000117. The van der Waals surface area contributed by atoms with Gasteiger partial charge in [-0.3, -0.25) is 0 Å². The molecule has 0 rings (SSSR count). The Morgan fingerprint density at radius 3 is 1.15 bits per heavy atom. The van der Waals surface area contributed by atoms with E-state index >= 15 is 0 Å². The van der Waals surface area contributed by atoms with Gasteiger partial charge in [-0.05, 0) is 0 Å². The van der Waals surface area contributed by atoms with Crippen LogP contribution < -0.4 is 0 Å². The second-order valence-electron chi connectivity index (χ2n) is 2.41. The zero-order chi connectivity index (χ0) is 11.1. The predicted octanol–water partition coefficient (Wildman–Crippen LogP) is 4.47. The topological polar surface area (TPSA) is 0 Å². The maximum Gasteiger partial charge on any atom is 0.0667 e.